The Bertz CT molecular complexity index is 307. The van der Waals surface area contributed by atoms with E-state index in [-0.39, 0.29) is 0 Å². The number of hydrogen-bond acceptors (Lipinski definition) is 1. The van der Waals surface area contributed by atoms with Gasteiger partial charge in [0.05, 0.1) is 0 Å². The predicted molar refractivity (Wildman–Crippen MR) is 134 cm³/mol. The van der Waals surface area contributed by atoms with Crippen LogP contribution in [0.1, 0.15) is 96.4 Å². The molecule has 27 heavy (non-hydrogen) atoms. The Hall–Kier alpha value is -1.11. The van der Waals surface area contributed by atoms with Gasteiger partial charge in [-0.25, -0.2) is 0 Å². The average molecular weight is 382 g/mol. The summed E-state index contributed by atoms with van der Waals surface area (Å²) >= 11 is 0. The molecule has 0 aromatic rings. The van der Waals surface area contributed by atoms with E-state index in [4.69, 9.17) is 0 Å². The molecule has 0 aliphatic rings. The molecular formula is C26H55N. The van der Waals surface area contributed by atoms with E-state index in [2.05, 4.69) is 105 Å². The van der Waals surface area contributed by atoms with Crippen LogP contribution >= 0.6 is 0 Å². The van der Waals surface area contributed by atoms with Crippen molar-refractivity contribution in [1.29, 1.82) is 0 Å². The first-order valence-electron chi connectivity index (χ1n) is 10.9. The first kappa shape index (κ1) is 36.8. The molecule has 0 heterocycles. The van der Waals surface area contributed by atoms with Crippen molar-refractivity contribution in [1.82, 2.24) is 0 Å². The zero-order valence-corrected chi connectivity index (χ0v) is 21.3. The third-order valence-electron chi connectivity index (χ3n) is 2.78. The van der Waals surface area contributed by atoms with E-state index >= 15 is 0 Å². The van der Waals surface area contributed by atoms with Gasteiger partial charge in [0.2, 0.25) is 0 Å². The maximum absolute atomic E-state index is 3.75. The number of rotatable bonds is 6. The minimum absolute atomic E-state index is 0.398. The van der Waals surface area contributed by atoms with Crippen molar-refractivity contribution >= 4 is 6.72 Å². The Morgan fingerprint density at radius 3 is 1.30 bits per heavy atom. The van der Waals surface area contributed by atoms with E-state index in [1.807, 2.05) is 33.8 Å². The molecule has 0 aromatic carbocycles. The van der Waals surface area contributed by atoms with Crippen LogP contribution in [0.4, 0.5) is 0 Å². The quantitative estimate of drug-likeness (QED) is 0.321. The summed E-state index contributed by atoms with van der Waals surface area (Å²) < 4.78 is 0. The van der Waals surface area contributed by atoms with Crippen molar-refractivity contribution in [2.24, 2.45) is 28.7 Å². The van der Waals surface area contributed by atoms with Gasteiger partial charge in [0.1, 0.15) is 0 Å². The van der Waals surface area contributed by atoms with Gasteiger partial charge in [0, 0.05) is 6.04 Å². The minimum atomic E-state index is 0.398. The molecule has 0 radical (unpaired) electrons. The molecule has 164 valence electrons. The molecule has 0 saturated carbocycles. The fourth-order valence-electron chi connectivity index (χ4n) is 1.08. The second-order valence-corrected chi connectivity index (χ2v) is 7.44. The second kappa shape index (κ2) is 32.6. The second-order valence-electron chi connectivity index (χ2n) is 7.44. The first-order chi connectivity index (χ1) is 12.5. The lowest BCUT2D eigenvalue weighted by atomic mass is 9.94. The molecule has 1 nitrogen and oxygen atoms in total. The van der Waals surface area contributed by atoms with Crippen molar-refractivity contribution in [3.05, 3.63) is 37.0 Å². The molecule has 0 N–H and O–H groups in total. The van der Waals surface area contributed by atoms with Crippen LogP contribution in [0.5, 0.6) is 0 Å². The van der Waals surface area contributed by atoms with Crippen LogP contribution in [-0.2, 0) is 0 Å². The van der Waals surface area contributed by atoms with Crippen LogP contribution < -0.4 is 0 Å². The highest BCUT2D eigenvalue weighted by molar-refractivity contribution is 5.23. The van der Waals surface area contributed by atoms with Crippen molar-refractivity contribution in [3.8, 4) is 0 Å². The van der Waals surface area contributed by atoms with Gasteiger partial charge in [-0.2, -0.15) is 0 Å². The predicted octanol–water partition coefficient (Wildman–Crippen LogP) is 9.41. The summed E-state index contributed by atoms with van der Waals surface area (Å²) in [6.45, 7) is 34.5. The average Bonchev–Trinajstić information content (AvgIpc) is 2.61. The monoisotopic (exact) mass is 381 g/mol. The van der Waals surface area contributed by atoms with Crippen LogP contribution in [0.3, 0.4) is 0 Å². The van der Waals surface area contributed by atoms with Gasteiger partial charge >= 0.3 is 0 Å². The first-order valence-corrected chi connectivity index (χ1v) is 10.9. The standard InChI is InChI=1S/C13H22.C4H9N.C4H10.C3H8.C2H6/c1-6-8-12(4)13(5)10-9-11(3)7-2;1-4(2)5-3;1-4(2)3;1-3-2;1-2/h6-13H,2H2,1,3-5H3;4H,3H2,1-2H3;4H,1-3H3;3H2,1-2H3;1-2H3/b8-6-,10-9?;;;;. The molecular weight excluding hydrogens is 326 g/mol. The van der Waals surface area contributed by atoms with E-state index < -0.39 is 0 Å². The lowest BCUT2D eigenvalue weighted by Crippen LogP contribution is -2.01. The summed E-state index contributed by atoms with van der Waals surface area (Å²) in [4.78, 5) is 3.64. The normalized spacial score (nSPS) is 13.0. The Kier molecular flexibility index (Phi) is 44.3. The summed E-state index contributed by atoms with van der Waals surface area (Å²) in [5, 5.41) is 0. The van der Waals surface area contributed by atoms with Crippen LogP contribution in [-0.4, -0.2) is 12.8 Å². The van der Waals surface area contributed by atoms with Crippen molar-refractivity contribution < 1.29 is 0 Å². The summed E-state index contributed by atoms with van der Waals surface area (Å²) in [5.41, 5.74) is 0. The molecule has 0 aliphatic heterocycles. The zero-order valence-electron chi connectivity index (χ0n) is 21.3. The van der Waals surface area contributed by atoms with E-state index in [0.29, 0.717) is 23.8 Å². The number of allylic oxidation sites excluding steroid dienone is 5. The summed E-state index contributed by atoms with van der Waals surface area (Å²) in [6, 6.07) is 0.398. The van der Waals surface area contributed by atoms with Gasteiger partial charge in [0.15, 0.2) is 0 Å². The largest absolute Gasteiger partial charge is 0.298 e. The molecule has 0 aliphatic carbocycles. The maximum atomic E-state index is 3.75. The van der Waals surface area contributed by atoms with Gasteiger partial charge in [0.25, 0.3) is 0 Å². The van der Waals surface area contributed by atoms with E-state index in [1.165, 1.54) is 6.42 Å². The molecule has 0 fully saturated rings. The summed E-state index contributed by atoms with van der Waals surface area (Å²) in [5.74, 6) is 2.55. The smallest absolute Gasteiger partial charge is 0.0436 e. The number of nitrogens with zero attached hydrogens (tertiary/aromatic N) is 1. The lowest BCUT2D eigenvalue weighted by molar-refractivity contribution is 0.555. The van der Waals surface area contributed by atoms with Gasteiger partial charge in [-0.1, -0.05) is 106 Å². The minimum Gasteiger partial charge on any atom is -0.298 e. The SMILES string of the molecule is C=CC(C)C=CC(C)C(C)/C=C\C.C=NC(C)C.CC.CC(C)C.CCC. The molecule has 0 bridgehead atoms. The molecule has 3 atom stereocenters. The van der Waals surface area contributed by atoms with Gasteiger partial charge in [-0.3, -0.25) is 4.99 Å². The zero-order chi connectivity index (χ0) is 22.8. The highest BCUT2D eigenvalue weighted by Crippen LogP contribution is 2.15. The fourth-order valence-corrected chi connectivity index (χ4v) is 1.08. The Labute approximate surface area is 175 Å². The lowest BCUT2D eigenvalue weighted by Gasteiger charge is -2.12. The highest BCUT2D eigenvalue weighted by atomic mass is 14.7. The van der Waals surface area contributed by atoms with Crippen molar-refractivity contribution in [3.63, 3.8) is 0 Å². The van der Waals surface area contributed by atoms with E-state index in [1.54, 1.807) is 0 Å². The maximum Gasteiger partial charge on any atom is 0.0436 e. The third-order valence-corrected chi connectivity index (χ3v) is 2.78. The number of hydrogen-bond donors (Lipinski definition) is 0. The summed E-state index contributed by atoms with van der Waals surface area (Å²) in [6.07, 6.45) is 12.1. The molecule has 3 unspecified atom stereocenters. The third kappa shape index (κ3) is 58.8. The van der Waals surface area contributed by atoms with Crippen molar-refractivity contribution in [2.75, 3.05) is 0 Å². The highest BCUT2D eigenvalue weighted by Gasteiger charge is 2.04. The topological polar surface area (TPSA) is 12.4 Å². The molecule has 1 heteroatoms. The van der Waals surface area contributed by atoms with Gasteiger partial charge < -0.3 is 0 Å². The Morgan fingerprint density at radius 1 is 0.778 bits per heavy atom. The van der Waals surface area contributed by atoms with Crippen molar-refractivity contribution in [2.45, 2.75) is 102 Å². The molecule has 0 saturated heterocycles. The van der Waals surface area contributed by atoms with Crippen LogP contribution in [0.2, 0.25) is 0 Å². The Balaban J connectivity index is -0.0000000948. The number of aliphatic imine (C=N–C) groups is 1. The van der Waals surface area contributed by atoms with Crippen LogP contribution in [0.15, 0.2) is 42.0 Å². The molecule has 0 amide bonds. The molecule has 0 aromatic heterocycles. The van der Waals surface area contributed by atoms with Crippen LogP contribution in [0.25, 0.3) is 0 Å². The van der Waals surface area contributed by atoms with Gasteiger partial charge in [-0.05, 0) is 51.2 Å². The molecule has 0 rings (SSSR count). The van der Waals surface area contributed by atoms with E-state index in [9.17, 15) is 0 Å². The van der Waals surface area contributed by atoms with Crippen LogP contribution in [0, 0.1) is 23.7 Å². The summed E-state index contributed by atoms with van der Waals surface area (Å²) in [7, 11) is 0. The van der Waals surface area contributed by atoms with Gasteiger partial charge in [-0.15, -0.1) is 6.58 Å². The fraction of sp³-hybridized carbons (Fsp3) is 0.731. The molecule has 0 spiro atoms. The Morgan fingerprint density at radius 2 is 1.07 bits per heavy atom. The van der Waals surface area contributed by atoms with E-state index in [0.717, 1.165) is 5.92 Å².